The standard InChI is InChI=1S/C23H23ClN2O5S/c1-30-18-10-13-22(31-2)20(15-18)25-23(27)21(14-16-6-4-3-5-7-16)26-32(28,29)19-11-8-17(24)9-12-19/h3-13,15,21,26H,14H2,1-2H3,(H,25,27)/t21-/m1/s1. The molecule has 1 atom stereocenters. The molecule has 2 N–H and O–H groups in total. The van der Waals surface area contributed by atoms with Gasteiger partial charge in [-0.3, -0.25) is 4.79 Å². The van der Waals surface area contributed by atoms with Gasteiger partial charge in [-0.2, -0.15) is 4.72 Å². The molecule has 0 saturated heterocycles. The summed E-state index contributed by atoms with van der Waals surface area (Å²) in [6.07, 6.45) is 0.145. The Balaban J connectivity index is 1.90. The number of hydrogen-bond donors (Lipinski definition) is 2. The van der Waals surface area contributed by atoms with Gasteiger partial charge < -0.3 is 14.8 Å². The zero-order chi connectivity index (χ0) is 23.1. The van der Waals surface area contributed by atoms with Crippen molar-refractivity contribution >= 4 is 33.2 Å². The summed E-state index contributed by atoms with van der Waals surface area (Å²) in [5.41, 5.74) is 1.16. The molecule has 3 rings (SSSR count). The van der Waals surface area contributed by atoms with Gasteiger partial charge in [0, 0.05) is 11.1 Å². The molecule has 0 fully saturated rings. The number of halogens is 1. The van der Waals surface area contributed by atoms with E-state index < -0.39 is 22.0 Å². The molecule has 1 amide bonds. The lowest BCUT2D eigenvalue weighted by molar-refractivity contribution is -0.117. The molecule has 0 aromatic heterocycles. The molecular weight excluding hydrogens is 452 g/mol. The first kappa shape index (κ1) is 23.6. The first-order valence-electron chi connectivity index (χ1n) is 9.67. The third-order valence-corrected chi connectivity index (χ3v) is 6.42. The predicted octanol–water partition coefficient (Wildman–Crippen LogP) is 3.89. The summed E-state index contributed by atoms with van der Waals surface area (Å²) in [6.45, 7) is 0. The number of carbonyl (C=O) groups is 1. The zero-order valence-electron chi connectivity index (χ0n) is 17.5. The van der Waals surface area contributed by atoms with E-state index in [0.29, 0.717) is 22.2 Å². The number of methoxy groups -OCH3 is 2. The van der Waals surface area contributed by atoms with Gasteiger partial charge in [-0.05, 0) is 48.4 Å². The molecule has 3 aromatic rings. The maximum atomic E-state index is 13.2. The molecule has 0 aliphatic rings. The minimum atomic E-state index is -3.99. The van der Waals surface area contributed by atoms with Gasteiger partial charge in [-0.25, -0.2) is 8.42 Å². The normalized spacial score (nSPS) is 12.1. The van der Waals surface area contributed by atoms with Crippen LogP contribution in [0.5, 0.6) is 11.5 Å². The van der Waals surface area contributed by atoms with Crippen molar-refractivity contribution in [1.29, 1.82) is 0 Å². The molecule has 0 aliphatic heterocycles. The smallest absolute Gasteiger partial charge is 0.243 e. The Morgan fingerprint density at radius 3 is 2.28 bits per heavy atom. The Kier molecular flexibility index (Phi) is 7.74. The maximum Gasteiger partial charge on any atom is 0.243 e. The number of benzene rings is 3. The Morgan fingerprint density at radius 1 is 0.969 bits per heavy atom. The molecule has 9 heteroatoms. The van der Waals surface area contributed by atoms with E-state index in [1.165, 1.54) is 38.5 Å². The second kappa shape index (κ2) is 10.5. The molecule has 0 aliphatic carbocycles. The van der Waals surface area contributed by atoms with Crippen LogP contribution in [0.3, 0.4) is 0 Å². The number of hydrogen-bond acceptors (Lipinski definition) is 5. The highest BCUT2D eigenvalue weighted by Crippen LogP contribution is 2.29. The number of nitrogens with one attached hydrogen (secondary N) is 2. The second-order valence-corrected chi connectivity index (χ2v) is 9.02. The quantitative estimate of drug-likeness (QED) is 0.490. The second-order valence-electron chi connectivity index (χ2n) is 6.87. The lowest BCUT2D eigenvalue weighted by Crippen LogP contribution is -2.45. The largest absolute Gasteiger partial charge is 0.497 e. The minimum Gasteiger partial charge on any atom is -0.497 e. The number of sulfonamides is 1. The van der Waals surface area contributed by atoms with Gasteiger partial charge in [0.05, 0.1) is 24.8 Å². The van der Waals surface area contributed by atoms with E-state index >= 15 is 0 Å². The fourth-order valence-electron chi connectivity index (χ4n) is 3.04. The molecule has 0 spiro atoms. The van der Waals surface area contributed by atoms with Gasteiger partial charge in [0.25, 0.3) is 0 Å². The summed E-state index contributed by atoms with van der Waals surface area (Å²) in [5.74, 6) is 0.388. The fourth-order valence-corrected chi connectivity index (χ4v) is 4.36. The van der Waals surface area contributed by atoms with Gasteiger partial charge >= 0.3 is 0 Å². The van der Waals surface area contributed by atoms with Gasteiger partial charge in [-0.1, -0.05) is 41.9 Å². The molecule has 0 unspecified atom stereocenters. The van der Waals surface area contributed by atoms with Crippen molar-refractivity contribution < 1.29 is 22.7 Å². The Morgan fingerprint density at radius 2 is 1.66 bits per heavy atom. The SMILES string of the molecule is COc1ccc(OC)c(NC(=O)[C@@H](Cc2ccccc2)NS(=O)(=O)c2ccc(Cl)cc2)c1. The van der Waals surface area contributed by atoms with Crippen LogP contribution in [0.4, 0.5) is 5.69 Å². The van der Waals surface area contributed by atoms with Crippen molar-refractivity contribution in [2.24, 2.45) is 0 Å². The predicted molar refractivity (Wildman–Crippen MR) is 124 cm³/mol. The van der Waals surface area contributed by atoms with Crippen LogP contribution in [0.2, 0.25) is 5.02 Å². The maximum absolute atomic E-state index is 13.2. The minimum absolute atomic E-state index is 0.00622. The molecule has 168 valence electrons. The van der Waals surface area contributed by atoms with Gasteiger partial charge in [0.15, 0.2) is 0 Å². The Labute approximate surface area is 192 Å². The molecule has 32 heavy (non-hydrogen) atoms. The third-order valence-electron chi connectivity index (χ3n) is 4.69. The average molecular weight is 475 g/mol. The average Bonchev–Trinajstić information content (AvgIpc) is 2.79. The van der Waals surface area contributed by atoms with Crippen LogP contribution >= 0.6 is 11.6 Å². The fraction of sp³-hybridized carbons (Fsp3) is 0.174. The van der Waals surface area contributed by atoms with Gasteiger partial charge in [0.1, 0.15) is 17.5 Å². The summed E-state index contributed by atoms with van der Waals surface area (Å²) < 4.78 is 38.9. The molecule has 3 aromatic carbocycles. The van der Waals surface area contributed by atoms with Crippen molar-refractivity contribution in [3.8, 4) is 11.5 Å². The number of ether oxygens (including phenoxy) is 2. The Bertz CT molecular complexity index is 1170. The summed E-state index contributed by atoms with van der Waals surface area (Å²) >= 11 is 5.87. The van der Waals surface area contributed by atoms with E-state index in [4.69, 9.17) is 21.1 Å². The summed E-state index contributed by atoms with van der Waals surface area (Å²) in [7, 11) is -1.01. The van der Waals surface area contributed by atoms with Crippen LogP contribution in [0, 0.1) is 0 Å². The van der Waals surface area contributed by atoms with Crippen LogP contribution in [0.15, 0.2) is 77.7 Å². The van der Waals surface area contributed by atoms with Crippen LogP contribution in [0.25, 0.3) is 0 Å². The zero-order valence-corrected chi connectivity index (χ0v) is 19.1. The lowest BCUT2D eigenvalue weighted by Gasteiger charge is -2.20. The van der Waals surface area contributed by atoms with Crippen LogP contribution in [-0.4, -0.2) is 34.6 Å². The van der Waals surface area contributed by atoms with Crippen molar-refractivity contribution in [2.45, 2.75) is 17.4 Å². The van der Waals surface area contributed by atoms with E-state index in [1.807, 2.05) is 30.3 Å². The molecule has 0 bridgehead atoms. The van der Waals surface area contributed by atoms with Crippen LogP contribution in [-0.2, 0) is 21.2 Å². The molecule has 0 radical (unpaired) electrons. The highest BCUT2D eigenvalue weighted by atomic mass is 35.5. The molecule has 0 saturated carbocycles. The van der Waals surface area contributed by atoms with E-state index in [9.17, 15) is 13.2 Å². The topological polar surface area (TPSA) is 93.7 Å². The van der Waals surface area contributed by atoms with E-state index in [1.54, 1.807) is 18.2 Å². The van der Waals surface area contributed by atoms with E-state index in [-0.39, 0.29) is 11.3 Å². The van der Waals surface area contributed by atoms with Gasteiger partial charge in [0.2, 0.25) is 15.9 Å². The number of rotatable bonds is 9. The van der Waals surface area contributed by atoms with Crippen molar-refractivity contribution in [3.63, 3.8) is 0 Å². The molecular formula is C23H23ClN2O5S. The van der Waals surface area contributed by atoms with Crippen molar-refractivity contribution in [3.05, 3.63) is 83.4 Å². The van der Waals surface area contributed by atoms with Crippen LogP contribution < -0.4 is 19.5 Å². The van der Waals surface area contributed by atoms with Gasteiger partial charge in [-0.15, -0.1) is 0 Å². The Hall–Kier alpha value is -3.07. The van der Waals surface area contributed by atoms with E-state index in [0.717, 1.165) is 5.56 Å². The van der Waals surface area contributed by atoms with Crippen molar-refractivity contribution in [2.75, 3.05) is 19.5 Å². The highest BCUT2D eigenvalue weighted by Gasteiger charge is 2.27. The number of amides is 1. The first-order valence-corrected chi connectivity index (χ1v) is 11.5. The lowest BCUT2D eigenvalue weighted by atomic mass is 10.1. The summed E-state index contributed by atoms with van der Waals surface area (Å²) in [6, 6.07) is 18.7. The van der Waals surface area contributed by atoms with Crippen molar-refractivity contribution in [1.82, 2.24) is 4.72 Å². The van der Waals surface area contributed by atoms with E-state index in [2.05, 4.69) is 10.0 Å². The highest BCUT2D eigenvalue weighted by molar-refractivity contribution is 7.89. The van der Waals surface area contributed by atoms with Crippen LogP contribution in [0.1, 0.15) is 5.56 Å². The summed E-state index contributed by atoms with van der Waals surface area (Å²) in [4.78, 5) is 13.2. The first-order chi connectivity index (χ1) is 15.3. The molecule has 7 nitrogen and oxygen atoms in total. The molecule has 0 heterocycles. The number of carbonyl (C=O) groups excluding carboxylic acids is 1. The monoisotopic (exact) mass is 474 g/mol. The number of anilines is 1. The summed E-state index contributed by atoms with van der Waals surface area (Å²) in [5, 5.41) is 3.16. The third kappa shape index (κ3) is 6.00.